The molecular weight excluding hydrogens is 386 g/mol. The van der Waals surface area contributed by atoms with E-state index in [1.807, 2.05) is 35.2 Å². The van der Waals surface area contributed by atoms with Crippen LogP contribution in [0.1, 0.15) is 23.4 Å². The molecule has 6 nitrogen and oxygen atoms in total. The number of aryl methyl sites for hydroxylation is 1. The Morgan fingerprint density at radius 2 is 1.97 bits per heavy atom. The number of hydrogen-bond acceptors (Lipinski definition) is 5. The second kappa shape index (κ2) is 9.59. The number of aromatic nitrogens is 2. The van der Waals surface area contributed by atoms with Gasteiger partial charge in [-0.05, 0) is 30.5 Å². The van der Waals surface area contributed by atoms with E-state index >= 15 is 0 Å². The highest BCUT2D eigenvalue weighted by Gasteiger charge is 2.20. The van der Waals surface area contributed by atoms with Gasteiger partial charge in [0.1, 0.15) is 5.76 Å². The van der Waals surface area contributed by atoms with Crippen LogP contribution >= 0.6 is 0 Å². The van der Waals surface area contributed by atoms with Crippen LogP contribution in [-0.4, -0.2) is 35.7 Å². The Balaban J connectivity index is 1.78. The van der Waals surface area contributed by atoms with E-state index in [1.54, 1.807) is 17.0 Å². The molecule has 0 amide bonds. The molecule has 0 aliphatic rings. The van der Waals surface area contributed by atoms with Crippen LogP contribution in [-0.2, 0) is 35.9 Å². The van der Waals surface area contributed by atoms with Crippen molar-refractivity contribution in [3.05, 3.63) is 71.9 Å². The third-order valence-electron chi connectivity index (χ3n) is 4.58. The zero-order valence-electron chi connectivity index (χ0n) is 16.5. The summed E-state index contributed by atoms with van der Waals surface area (Å²) < 4.78 is 31.7. The van der Waals surface area contributed by atoms with Crippen LogP contribution in [0.2, 0.25) is 0 Å². The van der Waals surface area contributed by atoms with E-state index in [9.17, 15) is 8.42 Å². The number of sulfone groups is 1. The fourth-order valence-corrected chi connectivity index (χ4v) is 4.14. The third-order valence-corrected chi connectivity index (χ3v) is 5.57. The molecule has 0 aliphatic carbocycles. The predicted octanol–water partition coefficient (Wildman–Crippen LogP) is 3.15. The maximum atomic E-state index is 12.2. The summed E-state index contributed by atoms with van der Waals surface area (Å²) in [6.07, 6.45) is 11.6. The van der Waals surface area contributed by atoms with Crippen LogP contribution in [0, 0.1) is 12.3 Å². The molecule has 0 saturated carbocycles. The van der Waals surface area contributed by atoms with Crippen LogP contribution in [0.4, 0.5) is 0 Å². The van der Waals surface area contributed by atoms with Crippen molar-refractivity contribution < 1.29 is 12.8 Å². The molecule has 0 N–H and O–H groups in total. The molecule has 0 atom stereocenters. The van der Waals surface area contributed by atoms with E-state index in [0.717, 1.165) is 24.3 Å². The molecular formula is C22H25N3O3S. The minimum absolute atomic E-state index is 0.0965. The van der Waals surface area contributed by atoms with Gasteiger partial charge in [-0.15, -0.1) is 6.42 Å². The van der Waals surface area contributed by atoms with Crippen molar-refractivity contribution in [2.75, 3.05) is 12.8 Å². The fraction of sp³-hybridized carbons (Fsp3) is 0.318. The summed E-state index contributed by atoms with van der Waals surface area (Å²) >= 11 is 0. The molecule has 3 aromatic rings. The van der Waals surface area contributed by atoms with Gasteiger partial charge in [-0.25, -0.2) is 13.4 Å². The first-order valence-corrected chi connectivity index (χ1v) is 11.3. The Labute approximate surface area is 172 Å². The van der Waals surface area contributed by atoms with E-state index in [2.05, 4.69) is 23.0 Å². The zero-order valence-corrected chi connectivity index (χ0v) is 17.3. The Morgan fingerprint density at radius 3 is 2.62 bits per heavy atom. The second-order valence-corrected chi connectivity index (χ2v) is 8.88. The predicted molar refractivity (Wildman–Crippen MR) is 112 cm³/mol. The summed E-state index contributed by atoms with van der Waals surface area (Å²) in [5.74, 6) is 3.46. The van der Waals surface area contributed by atoms with Gasteiger partial charge in [0, 0.05) is 19.3 Å². The second-order valence-electron chi connectivity index (χ2n) is 6.97. The van der Waals surface area contributed by atoms with Crippen molar-refractivity contribution in [3.63, 3.8) is 0 Å². The van der Waals surface area contributed by atoms with Crippen LogP contribution in [0.5, 0.6) is 0 Å². The van der Waals surface area contributed by atoms with Gasteiger partial charge < -0.3 is 8.98 Å². The third kappa shape index (κ3) is 5.83. The molecule has 0 bridgehead atoms. The van der Waals surface area contributed by atoms with Crippen molar-refractivity contribution in [1.82, 2.24) is 14.5 Å². The lowest BCUT2D eigenvalue weighted by atomic mass is 10.1. The molecule has 0 saturated heterocycles. The van der Waals surface area contributed by atoms with Gasteiger partial charge in [0.05, 0.1) is 31.2 Å². The molecule has 0 spiro atoms. The molecule has 0 radical (unpaired) electrons. The SMILES string of the molecule is C#CCN(Cc1ccco1)Cc1cnc(S(C)(=O)=O)n1CCCc1ccccc1. The Bertz CT molecular complexity index is 1050. The van der Waals surface area contributed by atoms with Crippen molar-refractivity contribution in [2.24, 2.45) is 0 Å². The average Bonchev–Trinajstić information content (AvgIpc) is 3.33. The number of terminal acetylenes is 1. The smallest absolute Gasteiger partial charge is 0.227 e. The van der Waals surface area contributed by atoms with E-state index < -0.39 is 9.84 Å². The molecule has 2 aromatic heterocycles. The number of benzene rings is 1. The molecule has 0 aliphatic heterocycles. The monoisotopic (exact) mass is 411 g/mol. The molecule has 7 heteroatoms. The number of rotatable bonds is 10. The number of imidazole rings is 1. The van der Waals surface area contributed by atoms with Crippen molar-refractivity contribution in [2.45, 2.75) is 37.6 Å². The van der Waals surface area contributed by atoms with Gasteiger partial charge in [0.25, 0.3) is 0 Å². The quantitative estimate of drug-likeness (QED) is 0.480. The summed E-state index contributed by atoms with van der Waals surface area (Å²) in [6.45, 7) is 2.01. The lowest BCUT2D eigenvalue weighted by Crippen LogP contribution is -2.25. The number of hydrogen-bond donors (Lipinski definition) is 0. The van der Waals surface area contributed by atoms with Crippen molar-refractivity contribution in [3.8, 4) is 12.3 Å². The normalized spacial score (nSPS) is 11.6. The van der Waals surface area contributed by atoms with Gasteiger partial charge in [-0.2, -0.15) is 0 Å². The number of furan rings is 1. The van der Waals surface area contributed by atoms with Crippen LogP contribution in [0.3, 0.4) is 0 Å². The molecule has 1 aromatic carbocycles. The molecule has 0 unspecified atom stereocenters. The molecule has 0 fully saturated rings. The maximum absolute atomic E-state index is 12.2. The maximum Gasteiger partial charge on any atom is 0.227 e. The largest absolute Gasteiger partial charge is 0.468 e. The highest BCUT2D eigenvalue weighted by atomic mass is 32.2. The molecule has 152 valence electrons. The lowest BCUT2D eigenvalue weighted by molar-refractivity contribution is 0.256. The summed E-state index contributed by atoms with van der Waals surface area (Å²) in [5.41, 5.74) is 2.04. The highest BCUT2D eigenvalue weighted by Crippen LogP contribution is 2.17. The minimum Gasteiger partial charge on any atom is -0.468 e. The summed E-state index contributed by atoms with van der Waals surface area (Å²) in [4.78, 5) is 6.22. The topological polar surface area (TPSA) is 68.3 Å². The van der Waals surface area contributed by atoms with Gasteiger partial charge in [-0.1, -0.05) is 36.3 Å². The van der Waals surface area contributed by atoms with Gasteiger partial charge >= 0.3 is 0 Å². The minimum atomic E-state index is -3.43. The van der Waals surface area contributed by atoms with Gasteiger partial charge in [-0.3, -0.25) is 4.90 Å². The molecule has 3 rings (SSSR count). The lowest BCUT2D eigenvalue weighted by Gasteiger charge is -2.20. The Hall–Kier alpha value is -2.82. The highest BCUT2D eigenvalue weighted by molar-refractivity contribution is 7.90. The Morgan fingerprint density at radius 1 is 1.17 bits per heavy atom. The van der Waals surface area contributed by atoms with Crippen LogP contribution in [0.15, 0.2) is 64.5 Å². The average molecular weight is 412 g/mol. The standard InChI is InChI=1S/C22H25N3O3S/c1-3-13-24(18-21-12-8-15-28-21)17-20-16-23-22(29(2,26)27)25(20)14-7-11-19-9-5-4-6-10-19/h1,4-6,8-10,12,15-16H,7,11,13-14,17-18H2,2H3. The van der Waals surface area contributed by atoms with Crippen LogP contribution in [0.25, 0.3) is 0 Å². The van der Waals surface area contributed by atoms with E-state index in [1.165, 1.54) is 11.8 Å². The first-order chi connectivity index (χ1) is 14.0. The summed E-state index contributed by atoms with van der Waals surface area (Å²) in [7, 11) is -3.43. The first kappa shape index (κ1) is 20.9. The van der Waals surface area contributed by atoms with Gasteiger partial charge in [0.2, 0.25) is 15.0 Å². The van der Waals surface area contributed by atoms with E-state index in [0.29, 0.717) is 26.2 Å². The van der Waals surface area contributed by atoms with Crippen LogP contribution < -0.4 is 0 Å². The zero-order chi connectivity index (χ0) is 20.7. The summed E-state index contributed by atoms with van der Waals surface area (Å²) in [5, 5.41) is 0.0965. The number of nitrogens with zero attached hydrogens (tertiary/aromatic N) is 3. The summed E-state index contributed by atoms with van der Waals surface area (Å²) in [6, 6.07) is 13.9. The van der Waals surface area contributed by atoms with Crippen molar-refractivity contribution >= 4 is 9.84 Å². The molecule has 29 heavy (non-hydrogen) atoms. The fourth-order valence-electron chi connectivity index (χ4n) is 3.29. The Kier molecular flexibility index (Phi) is 6.91. The van der Waals surface area contributed by atoms with E-state index in [4.69, 9.17) is 10.8 Å². The first-order valence-electron chi connectivity index (χ1n) is 9.44. The van der Waals surface area contributed by atoms with Crippen molar-refractivity contribution in [1.29, 1.82) is 0 Å². The van der Waals surface area contributed by atoms with Gasteiger partial charge in [0.15, 0.2) is 0 Å². The molecule has 2 heterocycles. The van der Waals surface area contributed by atoms with E-state index in [-0.39, 0.29) is 5.16 Å².